The van der Waals surface area contributed by atoms with Gasteiger partial charge in [-0.1, -0.05) is 176 Å². The Morgan fingerprint density at radius 1 is 0.379 bits per heavy atom. The van der Waals surface area contributed by atoms with E-state index in [9.17, 15) is 5.26 Å². The minimum atomic E-state index is -0.567. The van der Waals surface area contributed by atoms with Crippen molar-refractivity contribution in [3.8, 4) is 73.6 Å². The fraction of sp³-hybridized carbons (Fsp3) is 0.0189. The molecule has 11 rings (SSSR count). The zero-order chi connectivity index (χ0) is 38.6. The van der Waals surface area contributed by atoms with E-state index in [2.05, 4.69) is 121 Å². The van der Waals surface area contributed by atoms with Gasteiger partial charge >= 0.3 is 0 Å². The molecule has 4 nitrogen and oxygen atoms in total. The second-order valence-electron chi connectivity index (χ2n) is 14.6. The maximum absolute atomic E-state index is 9.99. The molecule has 0 unspecified atom stereocenters. The molecular weight excluding hydrogens is 725 g/mol. The Labute approximate surface area is 341 Å². The van der Waals surface area contributed by atoms with E-state index < -0.39 is 5.41 Å². The minimum Gasteiger partial charge on any atom is -0.208 e. The van der Waals surface area contributed by atoms with Gasteiger partial charge in [-0.25, -0.2) is 15.0 Å². The molecule has 8 aromatic carbocycles. The zero-order valence-corrected chi connectivity index (χ0v) is 32.0. The first-order valence-corrected chi connectivity index (χ1v) is 20.1. The molecule has 58 heavy (non-hydrogen) atoms. The summed E-state index contributed by atoms with van der Waals surface area (Å²) in [6, 6.07) is 70.4. The highest BCUT2D eigenvalue weighted by atomic mass is 32.2. The quantitative estimate of drug-likeness (QED) is 0.175. The molecule has 0 atom stereocenters. The van der Waals surface area contributed by atoms with Crippen molar-refractivity contribution in [2.45, 2.75) is 15.2 Å². The van der Waals surface area contributed by atoms with Crippen molar-refractivity contribution < 1.29 is 0 Å². The normalized spacial score (nSPS) is 12.9. The highest BCUT2D eigenvalue weighted by Gasteiger charge is 2.51. The van der Waals surface area contributed by atoms with Crippen LogP contribution in [0.15, 0.2) is 204 Å². The van der Waals surface area contributed by atoms with Crippen molar-refractivity contribution in [1.82, 2.24) is 15.0 Å². The van der Waals surface area contributed by atoms with Crippen LogP contribution in [0.2, 0.25) is 0 Å². The number of nitrogens with zero attached hydrogens (tertiary/aromatic N) is 4. The van der Waals surface area contributed by atoms with Gasteiger partial charge in [0.15, 0.2) is 17.5 Å². The predicted octanol–water partition coefficient (Wildman–Crippen LogP) is 12.9. The molecule has 2 heterocycles. The van der Waals surface area contributed by atoms with E-state index in [0.29, 0.717) is 23.0 Å². The maximum atomic E-state index is 9.99. The lowest BCUT2D eigenvalue weighted by Gasteiger charge is -2.39. The van der Waals surface area contributed by atoms with Crippen LogP contribution in [-0.4, -0.2) is 15.0 Å². The van der Waals surface area contributed by atoms with Crippen molar-refractivity contribution >= 4 is 11.8 Å². The second-order valence-corrected chi connectivity index (χ2v) is 15.7. The van der Waals surface area contributed by atoms with E-state index in [4.69, 9.17) is 15.0 Å². The van der Waals surface area contributed by atoms with E-state index in [1.54, 1.807) is 0 Å². The van der Waals surface area contributed by atoms with E-state index in [0.717, 1.165) is 38.9 Å². The molecule has 1 aliphatic heterocycles. The fourth-order valence-corrected chi connectivity index (χ4v) is 10.2. The van der Waals surface area contributed by atoms with Gasteiger partial charge in [-0.2, -0.15) is 5.26 Å². The van der Waals surface area contributed by atoms with Gasteiger partial charge in [0.1, 0.15) is 0 Å². The number of nitriles is 1. The summed E-state index contributed by atoms with van der Waals surface area (Å²) in [7, 11) is 0. The second kappa shape index (κ2) is 13.7. The van der Waals surface area contributed by atoms with Crippen molar-refractivity contribution in [2.75, 3.05) is 0 Å². The molecule has 270 valence electrons. The third kappa shape index (κ3) is 5.27. The van der Waals surface area contributed by atoms with Crippen molar-refractivity contribution in [1.29, 1.82) is 5.26 Å². The van der Waals surface area contributed by atoms with Gasteiger partial charge in [0, 0.05) is 26.5 Å². The average Bonchev–Trinajstić information content (AvgIpc) is 3.60. The Kier molecular flexibility index (Phi) is 7.99. The van der Waals surface area contributed by atoms with Crippen molar-refractivity contribution in [3.63, 3.8) is 0 Å². The molecule has 0 radical (unpaired) electrons. The Morgan fingerprint density at radius 2 is 0.793 bits per heavy atom. The number of benzene rings is 8. The average molecular weight is 757 g/mol. The van der Waals surface area contributed by atoms with Crippen LogP contribution in [0.25, 0.3) is 67.5 Å². The van der Waals surface area contributed by atoms with Crippen LogP contribution in [-0.2, 0) is 5.41 Å². The van der Waals surface area contributed by atoms with Gasteiger partial charge in [-0.15, -0.1) is 0 Å². The molecule has 5 heteroatoms. The smallest absolute Gasteiger partial charge is 0.164 e. The van der Waals surface area contributed by atoms with Crippen LogP contribution in [0, 0.1) is 11.3 Å². The lowest BCUT2D eigenvalue weighted by Crippen LogP contribution is -2.31. The van der Waals surface area contributed by atoms with Gasteiger partial charge in [-0.3, -0.25) is 0 Å². The molecule has 9 aromatic rings. The molecule has 1 aliphatic carbocycles. The topological polar surface area (TPSA) is 62.5 Å². The number of rotatable bonds is 5. The van der Waals surface area contributed by atoms with Crippen LogP contribution < -0.4 is 0 Å². The molecule has 1 aromatic heterocycles. The third-order valence-corrected chi connectivity index (χ3v) is 12.6. The zero-order valence-electron chi connectivity index (χ0n) is 31.2. The summed E-state index contributed by atoms with van der Waals surface area (Å²) in [6.45, 7) is 0. The van der Waals surface area contributed by atoms with E-state index in [-0.39, 0.29) is 0 Å². The molecule has 0 amide bonds. The number of fused-ring (bicyclic) bond motifs is 9. The number of aromatic nitrogens is 3. The molecule has 0 saturated carbocycles. The Morgan fingerprint density at radius 3 is 1.34 bits per heavy atom. The Bertz CT molecular complexity index is 3010. The van der Waals surface area contributed by atoms with Gasteiger partial charge in [0.05, 0.1) is 17.0 Å². The first-order valence-electron chi connectivity index (χ1n) is 19.3. The summed E-state index contributed by atoms with van der Waals surface area (Å²) < 4.78 is 0. The van der Waals surface area contributed by atoms with Crippen LogP contribution in [0.4, 0.5) is 0 Å². The molecule has 2 aliphatic rings. The van der Waals surface area contributed by atoms with E-state index in [1.807, 2.05) is 90.6 Å². The predicted molar refractivity (Wildman–Crippen MR) is 233 cm³/mol. The first kappa shape index (κ1) is 33.9. The molecule has 0 bridgehead atoms. The summed E-state index contributed by atoms with van der Waals surface area (Å²) >= 11 is 1.84. The molecule has 0 fully saturated rings. The van der Waals surface area contributed by atoms with Gasteiger partial charge in [0.25, 0.3) is 0 Å². The molecule has 0 saturated heterocycles. The summed E-state index contributed by atoms with van der Waals surface area (Å²) in [5.41, 5.74) is 14.5. The van der Waals surface area contributed by atoms with Crippen LogP contribution in [0.1, 0.15) is 27.8 Å². The monoisotopic (exact) mass is 756 g/mol. The van der Waals surface area contributed by atoms with Gasteiger partial charge in [0.2, 0.25) is 0 Å². The van der Waals surface area contributed by atoms with Crippen molar-refractivity contribution in [2.24, 2.45) is 0 Å². The molecular formula is C53H32N4S. The third-order valence-electron chi connectivity index (χ3n) is 11.4. The summed E-state index contributed by atoms with van der Waals surface area (Å²) in [6.07, 6.45) is 0. The largest absolute Gasteiger partial charge is 0.208 e. The highest BCUT2D eigenvalue weighted by Crippen LogP contribution is 2.64. The first-order chi connectivity index (χ1) is 28.7. The van der Waals surface area contributed by atoms with Gasteiger partial charge in [-0.05, 0) is 86.0 Å². The lowest BCUT2D eigenvalue weighted by molar-refractivity contribution is 0.722. The SMILES string of the molecule is N#Cc1cccc(-c2cccc3c2-c2c(-c4cccc(-c5nc(-c6ccccc6)nc(-c6ccccc6)n5)c4)cccc2C32c3ccccc3Sc3ccccc32)c1. The van der Waals surface area contributed by atoms with Crippen LogP contribution >= 0.6 is 11.8 Å². The Balaban J connectivity index is 1.18. The summed E-state index contributed by atoms with van der Waals surface area (Å²) in [5.74, 6) is 1.87. The maximum Gasteiger partial charge on any atom is 0.164 e. The van der Waals surface area contributed by atoms with E-state index in [1.165, 1.54) is 43.2 Å². The number of hydrogen-bond donors (Lipinski definition) is 0. The van der Waals surface area contributed by atoms with Crippen LogP contribution in [0.5, 0.6) is 0 Å². The highest BCUT2D eigenvalue weighted by molar-refractivity contribution is 7.99. The fourth-order valence-electron chi connectivity index (χ4n) is 8.99. The standard InChI is InChI=1S/C53H32N4S/c54-33-34-15-11-20-37(31-34)40-23-13-27-44-48(40)49-41(24-14-28-45(49)53(44)42-25-7-9-29-46(42)58-47-30-10-8-26-43(47)53)38-21-12-22-39(32-38)52-56-50(35-16-3-1-4-17-35)55-51(57-52)36-18-5-2-6-19-36/h1-32H. The Hall–Kier alpha value is -7.39. The van der Waals surface area contributed by atoms with Gasteiger partial charge < -0.3 is 0 Å². The summed E-state index contributed by atoms with van der Waals surface area (Å²) in [5, 5.41) is 9.99. The number of hydrogen-bond acceptors (Lipinski definition) is 5. The minimum absolute atomic E-state index is 0.567. The molecule has 0 N–H and O–H groups in total. The lowest BCUT2D eigenvalue weighted by atomic mass is 9.67. The van der Waals surface area contributed by atoms with Crippen LogP contribution in [0.3, 0.4) is 0 Å². The summed E-state index contributed by atoms with van der Waals surface area (Å²) in [4.78, 5) is 17.6. The van der Waals surface area contributed by atoms with E-state index >= 15 is 0 Å². The van der Waals surface area contributed by atoms with Crippen molar-refractivity contribution in [3.05, 3.63) is 222 Å². The molecule has 1 spiro atoms.